The summed E-state index contributed by atoms with van der Waals surface area (Å²) >= 11 is 6.02. The molecule has 1 N–H and O–H groups in total. The minimum Gasteiger partial charge on any atom is -0.465 e. The molecule has 1 amide bonds. The number of halogens is 1. The van der Waals surface area contributed by atoms with Crippen LogP contribution in [0.4, 0.5) is 0 Å². The van der Waals surface area contributed by atoms with Crippen molar-refractivity contribution in [1.29, 1.82) is 0 Å². The highest BCUT2D eigenvalue weighted by molar-refractivity contribution is 6.33. The zero-order valence-corrected chi connectivity index (χ0v) is 15.1. The molecule has 0 atom stereocenters. The molecule has 6 nitrogen and oxygen atoms in total. The van der Waals surface area contributed by atoms with Crippen molar-refractivity contribution in [3.8, 4) is 11.3 Å². The number of benzene rings is 2. The van der Waals surface area contributed by atoms with Crippen molar-refractivity contribution in [2.24, 2.45) is 5.10 Å². The number of nitrogens with one attached hydrogen (secondary N) is 1. The van der Waals surface area contributed by atoms with E-state index >= 15 is 0 Å². The highest BCUT2D eigenvalue weighted by Crippen LogP contribution is 2.27. The monoisotopic (exact) mass is 382 g/mol. The number of nitrogens with zero attached hydrogens (tertiary/aromatic N) is 1. The second kappa shape index (κ2) is 8.33. The number of carbonyl (C=O) groups excluding carboxylic acids is 2. The lowest BCUT2D eigenvalue weighted by molar-refractivity contribution is 0.0601. The van der Waals surface area contributed by atoms with Gasteiger partial charge in [0, 0.05) is 11.1 Å². The predicted molar refractivity (Wildman–Crippen MR) is 102 cm³/mol. The van der Waals surface area contributed by atoms with E-state index in [9.17, 15) is 9.59 Å². The van der Waals surface area contributed by atoms with Crippen LogP contribution in [-0.4, -0.2) is 25.2 Å². The van der Waals surface area contributed by atoms with Crippen LogP contribution in [0.3, 0.4) is 0 Å². The van der Waals surface area contributed by atoms with Crippen LogP contribution in [0.15, 0.2) is 70.2 Å². The quantitative estimate of drug-likeness (QED) is 0.408. The number of carbonyl (C=O) groups is 2. The lowest BCUT2D eigenvalue weighted by atomic mass is 10.1. The van der Waals surface area contributed by atoms with E-state index in [1.165, 1.54) is 13.3 Å². The molecule has 0 saturated heterocycles. The fourth-order valence-electron chi connectivity index (χ4n) is 2.33. The number of hydrogen-bond donors (Lipinski definition) is 1. The van der Waals surface area contributed by atoms with Gasteiger partial charge in [0.1, 0.15) is 11.5 Å². The number of methoxy groups -OCH3 is 1. The summed E-state index contributed by atoms with van der Waals surface area (Å²) in [7, 11) is 1.29. The molecule has 1 heterocycles. The van der Waals surface area contributed by atoms with E-state index in [2.05, 4.69) is 10.5 Å². The van der Waals surface area contributed by atoms with Crippen LogP contribution in [0.1, 0.15) is 26.5 Å². The molecule has 0 unspecified atom stereocenters. The predicted octanol–water partition coefficient (Wildman–Crippen LogP) is 4.15. The highest BCUT2D eigenvalue weighted by atomic mass is 35.5. The van der Waals surface area contributed by atoms with Crippen LogP contribution in [0, 0.1) is 0 Å². The summed E-state index contributed by atoms with van der Waals surface area (Å²) in [6.07, 6.45) is 1.39. The van der Waals surface area contributed by atoms with Crippen molar-refractivity contribution >= 4 is 29.7 Å². The summed E-state index contributed by atoms with van der Waals surface area (Å²) in [6.45, 7) is 0. The maximum atomic E-state index is 11.9. The first-order chi connectivity index (χ1) is 13.1. The molecule has 0 aliphatic rings. The molecule has 0 radical (unpaired) electrons. The summed E-state index contributed by atoms with van der Waals surface area (Å²) < 4.78 is 10.4. The van der Waals surface area contributed by atoms with E-state index in [0.717, 1.165) is 0 Å². The van der Waals surface area contributed by atoms with Gasteiger partial charge in [-0.3, -0.25) is 4.79 Å². The van der Waals surface area contributed by atoms with Gasteiger partial charge in [0.25, 0.3) is 5.91 Å². The van der Waals surface area contributed by atoms with Gasteiger partial charge in [0.2, 0.25) is 0 Å². The molecule has 0 fully saturated rings. The second-order valence-corrected chi connectivity index (χ2v) is 5.86. The van der Waals surface area contributed by atoms with E-state index in [1.54, 1.807) is 54.6 Å². The number of rotatable bonds is 5. The van der Waals surface area contributed by atoms with Gasteiger partial charge in [-0.1, -0.05) is 29.8 Å². The third-order valence-corrected chi connectivity index (χ3v) is 4.01. The van der Waals surface area contributed by atoms with Crippen LogP contribution in [0.5, 0.6) is 0 Å². The summed E-state index contributed by atoms with van der Waals surface area (Å²) in [5, 5.41) is 4.18. The number of hydrogen-bond acceptors (Lipinski definition) is 5. The van der Waals surface area contributed by atoms with Gasteiger partial charge < -0.3 is 9.15 Å². The minimum atomic E-state index is -0.529. The van der Waals surface area contributed by atoms with Crippen LogP contribution in [-0.2, 0) is 4.74 Å². The van der Waals surface area contributed by atoms with E-state index in [0.29, 0.717) is 27.7 Å². The van der Waals surface area contributed by atoms with E-state index < -0.39 is 5.97 Å². The molecule has 2 aromatic carbocycles. The number of amides is 1. The number of hydrazone groups is 1. The molecule has 136 valence electrons. The Morgan fingerprint density at radius 2 is 1.89 bits per heavy atom. The van der Waals surface area contributed by atoms with Gasteiger partial charge in [-0.25, -0.2) is 10.2 Å². The van der Waals surface area contributed by atoms with Crippen molar-refractivity contribution < 1.29 is 18.7 Å². The Hall–Kier alpha value is -3.38. The largest absolute Gasteiger partial charge is 0.465 e. The Morgan fingerprint density at radius 1 is 1.11 bits per heavy atom. The third kappa shape index (κ3) is 4.43. The SMILES string of the molecule is COC(=O)c1cc(-c2ccc(/C=N/NC(=O)c3ccccc3)o2)ccc1Cl. The molecule has 27 heavy (non-hydrogen) atoms. The first-order valence-corrected chi connectivity index (χ1v) is 8.33. The van der Waals surface area contributed by atoms with Crippen molar-refractivity contribution in [1.82, 2.24) is 5.43 Å². The van der Waals surface area contributed by atoms with Crippen molar-refractivity contribution in [2.45, 2.75) is 0 Å². The van der Waals surface area contributed by atoms with Crippen molar-refractivity contribution in [2.75, 3.05) is 7.11 Å². The summed E-state index contributed by atoms with van der Waals surface area (Å²) in [4.78, 5) is 23.7. The maximum absolute atomic E-state index is 11.9. The normalized spacial score (nSPS) is 10.7. The van der Waals surface area contributed by atoms with Gasteiger partial charge in [0.15, 0.2) is 0 Å². The molecule has 3 aromatic rings. The molecule has 0 bridgehead atoms. The molecule has 3 rings (SSSR count). The Kier molecular flexibility index (Phi) is 5.68. The van der Waals surface area contributed by atoms with Gasteiger partial charge in [-0.05, 0) is 42.5 Å². The first-order valence-electron chi connectivity index (χ1n) is 7.95. The van der Waals surface area contributed by atoms with Crippen LogP contribution in [0.25, 0.3) is 11.3 Å². The summed E-state index contributed by atoms with van der Waals surface area (Å²) in [5.41, 5.74) is 3.84. The molecule has 1 aromatic heterocycles. The average Bonchev–Trinajstić information content (AvgIpc) is 3.17. The Morgan fingerprint density at radius 3 is 2.63 bits per heavy atom. The Balaban J connectivity index is 1.72. The van der Waals surface area contributed by atoms with E-state index in [1.807, 2.05) is 6.07 Å². The number of ether oxygens (including phenoxy) is 1. The molecule has 0 saturated carbocycles. The zero-order chi connectivity index (χ0) is 19.2. The lowest BCUT2D eigenvalue weighted by Gasteiger charge is -2.04. The number of esters is 1. The lowest BCUT2D eigenvalue weighted by Crippen LogP contribution is -2.17. The van der Waals surface area contributed by atoms with Gasteiger partial charge in [-0.2, -0.15) is 5.10 Å². The third-order valence-electron chi connectivity index (χ3n) is 3.68. The molecule has 0 spiro atoms. The van der Waals surface area contributed by atoms with E-state index in [-0.39, 0.29) is 11.5 Å². The summed E-state index contributed by atoms with van der Waals surface area (Å²) in [6, 6.07) is 17.1. The van der Waals surface area contributed by atoms with Crippen molar-refractivity contribution in [3.05, 3.63) is 82.6 Å². The summed E-state index contributed by atoms with van der Waals surface area (Å²) in [5.74, 6) is 0.110. The topological polar surface area (TPSA) is 80.9 Å². The Bertz CT molecular complexity index is 996. The van der Waals surface area contributed by atoms with Gasteiger partial charge in [0.05, 0.1) is 23.9 Å². The zero-order valence-electron chi connectivity index (χ0n) is 14.3. The Labute approximate surface area is 160 Å². The minimum absolute atomic E-state index is 0.249. The molecule has 0 aliphatic carbocycles. The van der Waals surface area contributed by atoms with Crippen LogP contribution < -0.4 is 5.43 Å². The molecular formula is C20H15ClN2O4. The molecular weight excluding hydrogens is 368 g/mol. The van der Waals surface area contributed by atoms with Crippen LogP contribution >= 0.6 is 11.6 Å². The first kappa shape index (κ1) is 18.4. The maximum Gasteiger partial charge on any atom is 0.339 e. The molecule has 0 aliphatic heterocycles. The highest BCUT2D eigenvalue weighted by Gasteiger charge is 2.13. The van der Waals surface area contributed by atoms with Crippen molar-refractivity contribution in [3.63, 3.8) is 0 Å². The smallest absolute Gasteiger partial charge is 0.339 e. The van der Waals surface area contributed by atoms with Gasteiger partial charge >= 0.3 is 5.97 Å². The van der Waals surface area contributed by atoms with Crippen LogP contribution in [0.2, 0.25) is 5.02 Å². The second-order valence-electron chi connectivity index (χ2n) is 5.45. The average molecular weight is 383 g/mol. The fraction of sp³-hybridized carbons (Fsp3) is 0.0500. The van der Waals surface area contributed by atoms with Gasteiger partial charge in [-0.15, -0.1) is 0 Å². The molecule has 7 heteroatoms. The van der Waals surface area contributed by atoms with E-state index in [4.69, 9.17) is 20.8 Å². The standard InChI is InChI=1S/C20H15ClN2O4/c1-26-20(25)16-11-14(7-9-17(16)21)18-10-8-15(27-18)12-22-23-19(24)13-5-3-2-4-6-13/h2-12H,1H3,(H,23,24)/b22-12+. The number of furan rings is 1. The fourth-order valence-corrected chi connectivity index (χ4v) is 2.53.